The third-order valence-electron chi connectivity index (χ3n) is 4.73. The highest BCUT2D eigenvalue weighted by atomic mass is 35.5. The minimum Gasteiger partial charge on any atom is -0.492 e. The predicted molar refractivity (Wildman–Crippen MR) is 114 cm³/mol. The first-order valence-corrected chi connectivity index (χ1v) is 10.0. The van der Waals surface area contributed by atoms with Gasteiger partial charge >= 0.3 is 5.97 Å². The molecule has 2 amide bonds. The van der Waals surface area contributed by atoms with Crippen LogP contribution in [0.5, 0.6) is 5.75 Å². The molecule has 158 valence electrons. The Hall–Kier alpha value is -3.06. The lowest BCUT2D eigenvalue weighted by Gasteiger charge is -2.20. The molecule has 7 nitrogen and oxygen atoms in total. The van der Waals surface area contributed by atoms with Crippen LogP contribution in [-0.2, 0) is 19.1 Å². The molecule has 0 saturated carbocycles. The molecule has 1 heterocycles. The number of benzene rings is 2. The highest BCUT2D eigenvalue weighted by molar-refractivity contribution is 6.31. The van der Waals surface area contributed by atoms with E-state index in [0.717, 1.165) is 5.56 Å². The van der Waals surface area contributed by atoms with Gasteiger partial charge in [0.15, 0.2) is 6.61 Å². The normalized spacial score (nSPS) is 15.8. The number of carbonyl (C=O) groups excluding carboxylic acids is 3. The van der Waals surface area contributed by atoms with E-state index in [-0.39, 0.29) is 18.9 Å². The molecule has 2 aromatic carbocycles. The van der Waals surface area contributed by atoms with Crippen LogP contribution in [0.3, 0.4) is 0 Å². The molecule has 0 spiro atoms. The van der Waals surface area contributed by atoms with Crippen molar-refractivity contribution >= 4 is 40.8 Å². The quantitative estimate of drug-likeness (QED) is 0.678. The Balaban J connectivity index is 1.57. The molecule has 3 rings (SSSR count). The van der Waals surface area contributed by atoms with Gasteiger partial charge in [-0.05, 0) is 43.7 Å². The molecule has 0 bridgehead atoms. The molecule has 2 aromatic rings. The lowest BCUT2D eigenvalue weighted by Crippen LogP contribution is -2.28. The first-order chi connectivity index (χ1) is 14.4. The average molecular weight is 431 g/mol. The van der Waals surface area contributed by atoms with Crippen LogP contribution in [-0.4, -0.2) is 37.5 Å². The average Bonchev–Trinajstić information content (AvgIpc) is 3.11. The molecule has 1 N–H and O–H groups in total. The molecule has 1 atom stereocenters. The third-order valence-corrected chi connectivity index (χ3v) is 4.97. The van der Waals surface area contributed by atoms with Gasteiger partial charge in [0.05, 0.1) is 18.2 Å². The molecule has 1 fully saturated rings. The molecule has 1 aliphatic rings. The van der Waals surface area contributed by atoms with E-state index < -0.39 is 24.4 Å². The molecule has 8 heteroatoms. The van der Waals surface area contributed by atoms with Crippen LogP contribution >= 0.6 is 11.6 Å². The number of hydrogen-bond donors (Lipinski definition) is 1. The SMILES string of the molecule is CCOc1ccccc1N1C[C@H](C(=O)OCC(=O)Nc2cc(Cl)ccc2C)CC1=O. The summed E-state index contributed by atoms with van der Waals surface area (Å²) < 4.78 is 10.7. The zero-order valence-corrected chi connectivity index (χ0v) is 17.6. The number of rotatable bonds is 7. The van der Waals surface area contributed by atoms with Crippen molar-refractivity contribution in [1.82, 2.24) is 0 Å². The number of esters is 1. The van der Waals surface area contributed by atoms with Crippen LogP contribution < -0.4 is 15.0 Å². The van der Waals surface area contributed by atoms with Crippen molar-refractivity contribution in [3.8, 4) is 5.75 Å². The lowest BCUT2D eigenvalue weighted by molar-refractivity contribution is -0.151. The molecule has 0 unspecified atom stereocenters. The Morgan fingerprint density at radius 2 is 2.00 bits per heavy atom. The number of nitrogens with one attached hydrogen (secondary N) is 1. The zero-order chi connectivity index (χ0) is 21.7. The topological polar surface area (TPSA) is 84.9 Å². The fraction of sp³-hybridized carbons (Fsp3) is 0.318. The van der Waals surface area contributed by atoms with Crippen LogP contribution in [0.2, 0.25) is 5.02 Å². The summed E-state index contributed by atoms with van der Waals surface area (Å²) in [6.07, 6.45) is 0.0221. The predicted octanol–water partition coefficient (Wildman–Crippen LogP) is 3.58. The fourth-order valence-electron chi connectivity index (χ4n) is 3.23. The van der Waals surface area contributed by atoms with E-state index in [2.05, 4.69) is 5.32 Å². The minimum absolute atomic E-state index is 0.0221. The summed E-state index contributed by atoms with van der Waals surface area (Å²) in [6, 6.07) is 12.3. The van der Waals surface area contributed by atoms with Crippen LogP contribution in [0.4, 0.5) is 11.4 Å². The summed E-state index contributed by atoms with van der Waals surface area (Å²) in [7, 11) is 0. The molecule has 30 heavy (non-hydrogen) atoms. The van der Waals surface area contributed by atoms with Crippen LogP contribution in [0.25, 0.3) is 0 Å². The van der Waals surface area contributed by atoms with Gasteiger partial charge in [-0.15, -0.1) is 0 Å². The minimum atomic E-state index is -0.645. The van der Waals surface area contributed by atoms with Crippen molar-refractivity contribution in [2.75, 3.05) is 30.0 Å². The summed E-state index contributed by atoms with van der Waals surface area (Å²) in [5.74, 6) is -1.32. The van der Waals surface area contributed by atoms with Gasteiger partial charge in [-0.1, -0.05) is 29.8 Å². The number of para-hydroxylation sites is 2. The van der Waals surface area contributed by atoms with Gasteiger partial charge in [-0.25, -0.2) is 0 Å². The second kappa shape index (κ2) is 9.63. The Morgan fingerprint density at radius 1 is 1.23 bits per heavy atom. The maximum absolute atomic E-state index is 12.5. The van der Waals surface area contributed by atoms with E-state index in [1.807, 2.05) is 19.9 Å². The Labute approximate surface area is 179 Å². The number of carbonyl (C=O) groups is 3. The van der Waals surface area contributed by atoms with Crippen molar-refractivity contribution in [2.45, 2.75) is 20.3 Å². The summed E-state index contributed by atoms with van der Waals surface area (Å²) in [5.41, 5.74) is 2.01. The van der Waals surface area contributed by atoms with E-state index in [1.165, 1.54) is 4.90 Å². The number of anilines is 2. The Morgan fingerprint density at radius 3 is 2.77 bits per heavy atom. The Bertz CT molecular complexity index is 962. The van der Waals surface area contributed by atoms with E-state index in [1.54, 1.807) is 36.4 Å². The molecule has 0 radical (unpaired) electrons. The van der Waals surface area contributed by atoms with Gasteiger partial charge < -0.3 is 19.7 Å². The molecule has 1 saturated heterocycles. The van der Waals surface area contributed by atoms with Gasteiger partial charge in [0.2, 0.25) is 5.91 Å². The summed E-state index contributed by atoms with van der Waals surface area (Å²) in [4.78, 5) is 38.5. The number of aryl methyl sites for hydroxylation is 1. The van der Waals surface area contributed by atoms with Crippen LogP contribution in [0.15, 0.2) is 42.5 Å². The monoisotopic (exact) mass is 430 g/mol. The van der Waals surface area contributed by atoms with Crippen molar-refractivity contribution in [3.63, 3.8) is 0 Å². The van der Waals surface area contributed by atoms with E-state index in [9.17, 15) is 14.4 Å². The number of amides is 2. The lowest BCUT2D eigenvalue weighted by atomic mass is 10.1. The summed E-state index contributed by atoms with van der Waals surface area (Å²) in [6.45, 7) is 3.89. The number of nitrogens with zero attached hydrogens (tertiary/aromatic N) is 1. The van der Waals surface area contributed by atoms with Crippen molar-refractivity contribution < 1.29 is 23.9 Å². The van der Waals surface area contributed by atoms with Gasteiger partial charge in [-0.3, -0.25) is 14.4 Å². The first kappa shape index (κ1) is 21.6. The highest BCUT2D eigenvalue weighted by Crippen LogP contribution is 2.33. The van der Waals surface area contributed by atoms with E-state index in [0.29, 0.717) is 28.8 Å². The van der Waals surface area contributed by atoms with E-state index >= 15 is 0 Å². The van der Waals surface area contributed by atoms with Crippen molar-refractivity contribution in [2.24, 2.45) is 5.92 Å². The molecule has 1 aliphatic heterocycles. The summed E-state index contributed by atoms with van der Waals surface area (Å²) >= 11 is 5.94. The molecule has 0 aliphatic carbocycles. The second-order valence-corrected chi connectivity index (χ2v) is 7.36. The molecular weight excluding hydrogens is 408 g/mol. The highest BCUT2D eigenvalue weighted by Gasteiger charge is 2.37. The van der Waals surface area contributed by atoms with Crippen molar-refractivity contribution in [3.05, 3.63) is 53.1 Å². The smallest absolute Gasteiger partial charge is 0.311 e. The zero-order valence-electron chi connectivity index (χ0n) is 16.8. The van der Waals surface area contributed by atoms with Crippen molar-refractivity contribution in [1.29, 1.82) is 0 Å². The molecular formula is C22H23ClN2O5. The Kier molecular flexibility index (Phi) is 6.95. The van der Waals surface area contributed by atoms with Gasteiger partial charge in [-0.2, -0.15) is 0 Å². The standard InChI is InChI=1S/C22H23ClN2O5/c1-3-29-19-7-5-4-6-18(19)25-12-15(10-21(25)27)22(28)30-13-20(26)24-17-11-16(23)9-8-14(17)2/h4-9,11,15H,3,10,12-13H2,1-2H3,(H,24,26)/t15-/m1/s1. The number of halogens is 1. The first-order valence-electron chi connectivity index (χ1n) is 9.64. The third kappa shape index (κ3) is 5.10. The number of ether oxygens (including phenoxy) is 2. The van der Waals surface area contributed by atoms with E-state index in [4.69, 9.17) is 21.1 Å². The second-order valence-electron chi connectivity index (χ2n) is 6.92. The van der Waals surface area contributed by atoms with Crippen LogP contribution in [0.1, 0.15) is 18.9 Å². The fourth-order valence-corrected chi connectivity index (χ4v) is 3.40. The molecule has 0 aromatic heterocycles. The van der Waals surface area contributed by atoms with Gasteiger partial charge in [0.1, 0.15) is 5.75 Å². The summed E-state index contributed by atoms with van der Waals surface area (Å²) in [5, 5.41) is 3.16. The van der Waals surface area contributed by atoms with Crippen LogP contribution in [0, 0.1) is 12.8 Å². The largest absolute Gasteiger partial charge is 0.492 e. The maximum atomic E-state index is 12.5. The maximum Gasteiger partial charge on any atom is 0.311 e. The van der Waals surface area contributed by atoms with Gasteiger partial charge in [0.25, 0.3) is 5.91 Å². The number of hydrogen-bond acceptors (Lipinski definition) is 5. The van der Waals surface area contributed by atoms with Gasteiger partial charge in [0, 0.05) is 23.7 Å².